The standard InChI is InChI=1S/C20H29N3O2S2/c1-4-20(2,3)14-5-7-15(8-6-14)21-17(24)13-26-12-16-11-18(25)23-9-10-27-19(23)22-16/h9-11,14-15H,4-8,12-13H2,1-3H3,(H,21,24). The van der Waals surface area contributed by atoms with E-state index in [0.717, 1.165) is 24.5 Å². The number of thiazole rings is 1. The van der Waals surface area contributed by atoms with Crippen molar-refractivity contribution in [2.24, 2.45) is 11.3 Å². The molecule has 1 aliphatic rings. The maximum atomic E-state index is 12.3. The lowest BCUT2D eigenvalue weighted by molar-refractivity contribution is -0.119. The van der Waals surface area contributed by atoms with Crippen molar-refractivity contribution < 1.29 is 4.79 Å². The molecule has 0 aliphatic heterocycles. The Morgan fingerprint density at radius 2 is 2.11 bits per heavy atom. The van der Waals surface area contributed by atoms with Crippen LogP contribution >= 0.6 is 23.1 Å². The number of rotatable bonds is 7. The molecule has 148 valence electrons. The SMILES string of the molecule is CCC(C)(C)C1CCC(NC(=O)CSCc2cc(=O)n3ccsc3n2)CC1. The van der Waals surface area contributed by atoms with Gasteiger partial charge in [-0.15, -0.1) is 23.1 Å². The molecule has 0 aromatic carbocycles. The van der Waals surface area contributed by atoms with Crippen LogP contribution in [0.4, 0.5) is 0 Å². The van der Waals surface area contributed by atoms with E-state index in [0.29, 0.717) is 27.9 Å². The van der Waals surface area contributed by atoms with Gasteiger partial charge in [-0.3, -0.25) is 14.0 Å². The van der Waals surface area contributed by atoms with Crippen LogP contribution in [0.2, 0.25) is 0 Å². The van der Waals surface area contributed by atoms with Crippen molar-refractivity contribution in [3.63, 3.8) is 0 Å². The fraction of sp³-hybridized carbons (Fsp3) is 0.650. The van der Waals surface area contributed by atoms with Gasteiger partial charge in [-0.2, -0.15) is 0 Å². The number of fused-ring (bicyclic) bond motifs is 1. The molecule has 5 nitrogen and oxygen atoms in total. The van der Waals surface area contributed by atoms with Gasteiger partial charge in [0, 0.05) is 29.4 Å². The first-order valence-corrected chi connectivity index (χ1v) is 11.8. The molecule has 1 fully saturated rings. The van der Waals surface area contributed by atoms with E-state index in [9.17, 15) is 9.59 Å². The molecule has 2 aromatic rings. The molecule has 3 rings (SSSR count). The maximum absolute atomic E-state index is 12.3. The third kappa shape index (κ3) is 5.13. The van der Waals surface area contributed by atoms with Gasteiger partial charge >= 0.3 is 0 Å². The highest BCUT2D eigenvalue weighted by atomic mass is 32.2. The summed E-state index contributed by atoms with van der Waals surface area (Å²) in [5, 5.41) is 5.04. The Morgan fingerprint density at radius 1 is 1.37 bits per heavy atom. The van der Waals surface area contributed by atoms with E-state index in [1.165, 1.54) is 42.4 Å². The predicted octanol–water partition coefficient (Wildman–Crippen LogP) is 4.10. The summed E-state index contributed by atoms with van der Waals surface area (Å²) < 4.78 is 1.54. The normalized spacial score (nSPS) is 20.7. The predicted molar refractivity (Wildman–Crippen MR) is 113 cm³/mol. The summed E-state index contributed by atoms with van der Waals surface area (Å²) in [6.45, 7) is 6.99. The fourth-order valence-corrected chi connectivity index (χ4v) is 5.25. The first kappa shape index (κ1) is 20.4. The highest BCUT2D eigenvalue weighted by Crippen LogP contribution is 2.40. The van der Waals surface area contributed by atoms with Crippen molar-refractivity contribution in [2.45, 2.75) is 64.7 Å². The Morgan fingerprint density at radius 3 is 2.81 bits per heavy atom. The van der Waals surface area contributed by atoms with Crippen LogP contribution in [0, 0.1) is 11.3 Å². The Hall–Kier alpha value is -1.34. The van der Waals surface area contributed by atoms with Crippen molar-refractivity contribution in [3.8, 4) is 0 Å². The van der Waals surface area contributed by atoms with Crippen molar-refractivity contribution in [2.75, 3.05) is 5.75 Å². The lowest BCUT2D eigenvalue weighted by Gasteiger charge is -2.39. The summed E-state index contributed by atoms with van der Waals surface area (Å²) in [5.41, 5.74) is 1.08. The molecule has 27 heavy (non-hydrogen) atoms. The number of aromatic nitrogens is 2. The largest absolute Gasteiger partial charge is 0.353 e. The Kier molecular flexibility index (Phi) is 6.63. The zero-order valence-corrected chi connectivity index (χ0v) is 18.0. The number of amides is 1. The van der Waals surface area contributed by atoms with Gasteiger partial charge in [-0.05, 0) is 37.0 Å². The molecule has 1 aliphatic carbocycles. The monoisotopic (exact) mass is 407 g/mol. The molecule has 0 spiro atoms. The van der Waals surface area contributed by atoms with Crippen molar-refractivity contribution in [3.05, 3.63) is 33.7 Å². The fourth-order valence-electron chi connectivity index (χ4n) is 3.79. The number of thioether (sulfide) groups is 1. The van der Waals surface area contributed by atoms with Crippen LogP contribution in [0.25, 0.3) is 4.96 Å². The zero-order valence-electron chi connectivity index (χ0n) is 16.4. The van der Waals surface area contributed by atoms with Gasteiger partial charge in [-0.25, -0.2) is 4.98 Å². The van der Waals surface area contributed by atoms with Crippen LogP contribution in [-0.4, -0.2) is 27.1 Å². The minimum Gasteiger partial charge on any atom is -0.353 e. The van der Waals surface area contributed by atoms with E-state index in [-0.39, 0.29) is 11.5 Å². The van der Waals surface area contributed by atoms with E-state index < -0.39 is 0 Å². The Labute approximate surface area is 169 Å². The lowest BCUT2D eigenvalue weighted by Crippen LogP contribution is -2.40. The summed E-state index contributed by atoms with van der Waals surface area (Å²) in [6, 6.07) is 1.87. The molecular formula is C20H29N3O2S2. The van der Waals surface area contributed by atoms with Gasteiger partial charge in [0.2, 0.25) is 5.91 Å². The van der Waals surface area contributed by atoms with E-state index in [1.807, 2.05) is 5.38 Å². The van der Waals surface area contributed by atoms with Gasteiger partial charge in [-0.1, -0.05) is 27.2 Å². The van der Waals surface area contributed by atoms with E-state index in [4.69, 9.17) is 0 Å². The van der Waals surface area contributed by atoms with Crippen molar-refractivity contribution >= 4 is 34.0 Å². The van der Waals surface area contributed by atoms with Crippen LogP contribution in [0.1, 0.15) is 58.6 Å². The van der Waals surface area contributed by atoms with Crippen molar-refractivity contribution in [1.29, 1.82) is 0 Å². The number of hydrogen-bond donors (Lipinski definition) is 1. The van der Waals surface area contributed by atoms with E-state index >= 15 is 0 Å². The number of nitrogens with one attached hydrogen (secondary N) is 1. The van der Waals surface area contributed by atoms with Gasteiger partial charge < -0.3 is 5.32 Å². The smallest absolute Gasteiger partial charge is 0.258 e. The highest BCUT2D eigenvalue weighted by molar-refractivity contribution is 7.99. The van der Waals surface area contributed by atoms with E-state index in [1.54, 1.807) is 16.7 Å². The maximum Gasteiger partial charge on any atom is 0.258 e. The molecule has 2 aromatic heterocycles. The molecule has 0 radical (unpaired) electrons. The minimum atomic E-state index is -0.0620. The van der Waals surface area contributed by atoms with Crippen molar-refractivity contribution in [1.82, 2.24) is 14.7 Å². The van der Waals surface area contributed by atoms with Crippen LogP contribution in [0.3, 0.4) is 0 Å². The summed E-state index contributed by atoms with van der Waals surface area (Å²) in [4.78, 5) is 29.4. The van der Waals surface area contributed by atoms with Gasteiger partial charge in [0.1, 0.15) is 0 Å². The molecule has 0 saturated heterocycles. The van der Waals surface area contributed by atoms with Crippen LogP contribution in [0.15, 0.2) is 22.4 Å². The minimum absolute atomic E-state index is 0.0620. The number of carbonyl (C=O) groups is 1. The van der Waals surface area contributed by atoms with Gasteiger partial charge in [0.05, 0.1) is 11.4 Å². The number of nitrogens with zero attached hydrogens (tertiary/aromatic N) is 2. The van der Waals surface area contributed by atoms with Gasteiger partial charge in [0.25, 0.3) is 5.56 Å². The average molecular weight is 408 g/mol. The Bertz CT molecular complexity index is 835. The van der Waals surface area contributed by atoms with Crippen LogP contribution in [-0.2, 0) is 10.5 Å². The van der Waals surface area contributed by atoms with E-state index in [2.05, 4.69) is 31.1 Å². The van der Waals surface area contributed by atoms with Gasteiger partial charge in [0.15, 0.2) is 4.96 Å². The summed E-state index contributed by atoms with van der Waals surface area (Å²) in [7, 11) is 0. The third-order valence-corrected chi connectivity index (χ3v) is 7.67. The number of carbonyl (C=O) groups excluding carboxylic acids is 1. The Balaban J connectivity index is 1.42. The topological polar surface area (TPSA) is 63.5 Å². The second kappa shape index (κ2) is 8.78. The second-order valence-corrected chi connectivity index (χ2v) is 9.95. The molecule has 1 saturated carbocycles. The van der Waals surface area contributed by atoms with Crippen LogP contribution < -0.4 is 10.9 Å². The molecular weight excluding hydrogens is 378 g/mol. The zero-order chi connectivity index (χ0) is 19.4. The summed E-state index contributed by atoms with van der Waals surface area (Å²) in [5.74, 6) is 1.84. The molecule has 1 amide bonds. The number of hydrogen-bond acceptors (Lipinski definition) is 5. The van der Waals surface area contributed by atoms with Crippen LogP contribution in [0.5, 0.6) is 0 Å². The third-order valence-electron chi connectivity index (χ3n) is 5.95. The molecule has 2 heterocycles. The lowest BCUT2D eigenvalue weighted by atomic mass is 9.69. The molecule has 0 bridgehead atoms. The molecule has 7 heteroatoms. The summed E-state index contributed by atoms with van der Waals surface area (Å²) in [6.07, 6.45) is 7.51. The second-order valence-electron chi connectivity index (χ2n) is 8.09. The quantitative estimate of drug-likeness (QED) is 0.750. The summed E-state index contributed by atoms with van der Waals surface area (Å²) >= 11 is 2.96. The molecule has 1 N–H and O–H groups in total. The molecule has 0 atom stereocenters. The first-order chi connectivity index (χ1) is 12.9. The molecule has 0 unspecified atom stereocenters. The highest BCUT2D eigenvalue weighted by Gasteiger charge is 2.32. The first-order valence-electron chi connectivity index (χ1n) is 9.72. The average Bonchev–Trinajstić information content (AvgIpc) is 3.11.